The second-order valence-corrected chi connectivity index (χ2v) is 16.2. The molecule has 0 N–H and O–H groups in total. The molecule has 0 saturated carbocycles. The van der Waals surface area contributed by atoms with Crippen LogP contribution in [0.25, 0.3) is 0 Å². The Morgan fingerprint density at radius 1 is 0.826 bits per heavy atom. The van der Waals surface area contributed by atoms with E-state index in [0.29, 0.717) is 0 Å². The first-order chi connectivity index (χ1) is 10.8. The Kier molecular flexibility index (Phi) is 6.01. The maximum atomic E-state index is 6.76. The Hall–Kier alpha value is -1.17. The average molecular weight is 343 g/mol. The van der Waals surface area contributed by atoms with Crippen molar-refractivity contribution in [2.45, 2.75) is 52.0 Å². The van der Waals surface area contributed by atoms with E-state index in [1.54, 1.807) is 0 Å². The SMILES string of the molecule is Cc1ccccc1CCC[Si](C)(O[Si](C)(C)C)c1ccccc1. The predicted molar refractivity (Wildman–Crippen MR) is 106 cm³/mol. The molecular weight excluding hydrogens is 312 g/mol. The zero-order valence-electron chi connectivity index (χ0n) is 15.2. The molecule has 0 heterocycles. The number of hydrogen-bond donors (Lipinski definition) is 0. The third-order valence-electron chi connectivity index (χ3n) is 4.28. The lowest BCUT2D eigenvalue weighted by molar-refractivity contribution is 0.551. The molecule has 0 saturated heterocycles. The Morgan fingerprint density at radius 3 is 2.04 bits per heavy atom. The van der Waals surface area contributed by atoms with Crippen LogP contribution in [-0.4, -0.2) is 16.6 Å². The number of hydrogen-bond acceptors (Lipinski definition) is 1. The van der Waals surface area contributed by atoms with Crippen LogP contribution in [0.4, 0.5) is 0 Å². The number of aryl methyl sites for hydroxylation is 2. The van der Waals surface area contributed by atoms with Crippen LogP contribution in [-0.2, 0) is 10.5 Å². The third kappa shape index (κ3) is 5.45. The fourth-order valence-electron chi connectivity index (χ4n) is 3.23. The molecule has 1 unspecified atom stereocenters. The van der Waals surface area contributed by atoms with Gasteiger partial charge in [0.05, 0.1) is 0 Å². The molecule has 2 rings (SSSR count). The van der Waals surface area contributed by atoms with Gasteiger partial charge in [-0.05, 0) is 68.3 Å². The molecule has 0 aromatic heterocycles. The predicted octanol–water partition coefficient (Wildman–Crippen LogP) is 5.26. The molecule has 0 aliphatic heterocycles. The Bertz CT molecular complexity index is 619. The quantitative estimate of drug-likeness (QED) is 0.623. The molecule has 0 aliphatic carbocycles. The Morgan fingerprint density at radius 2 is 1.43 bits per heavy atom. The van der Waals surface area contributed by atoms with E-state index in [1.807, 2.05) is 0 Å². The monoisotopic (exact) mass is 342 g/mol. The fraction of sp³-hybridized carbons (Fsp3) is 0.400. The Labute approximate surface area is 144 Å². The number of benzene rings is 2. The molecule has 124 valence electrons. The van der Waals surface area contributed by atoms with E-state index in [0.717, 1.165) is 6.42 Å². The highest BCUT2D eigenvalue weighted by Crippen LogP contribution is 2.22. The van der Waals surface area contributed by atoms with Crippen molar-refractivity contribution < 1.29 is 4.12 Å². The summed E-state index contributed by atoms with van der Waals surface area (Å²) in [6, 6.07) is 20.9. The number of rotatable bonds is 7. The molecule has 2 aromatic carbocycles. The summed E-state index contributed by atoms with van der Waals surface area (Å²) >= 11 is 0. The van der Waals surface area contributed by atoms with E-state index in [-0.39, 0.29) is 0 Å². The van der Waals surface area contributed by atoms with Gasteiger partial charge in [0.2, 0.25) is 8.32 Å². The van der Waals surface area contributed by atoms with Crippen LogP contribution >= 0.6 is 0 Å². The molecule has 2 aromatic rings. The smallest absolute Gasteiger partial charge is 0.209 e. The van der Waals surface area contributed by atoms with Crippen molar-refractivity contribution in [3.8, 4) is 0 Å². The first-order valence-electron chi connectivity index (χ1n) is 8.60. The summed E-state index contributed by atoms with van der Waals surface area (Å²) < 4.78 is 6.76. The van der Waals surface area contributed by atoms with Crippen molar-refractivity contribution >= 4 is 21.8 Å². The lowest BCUT2D eigenvalue weighted by atomic mass is 10.1. The van der Waals surface area contributed by atoms with Gasteiger partial charge in [0.1, 0.15) is 0 Å². The summed E-state index contributed by atoms with van der Waals surface area (Å²) in [5.74, 6) is 0. The maximum Gasteiger partial charge on any atom is 0.209 e. The van der Waals surface area contributed by atoms with Crippen LogP contribution < -0.4 is 5.19 Å². The van der Waals surface area contributed by atoms with Gasteiger partial charge in [0.15, 0.2) is 8.32 Å². The van der Waals surface area contributed by atoms with Gasteiger partial charge in [-0.25, -0.2) is 0 Å². The van der Waals surface area contributed by atoms with Gasteiger partial charge in [-0.3, -0.25) is 0 Å². The summed E-state index contributed by atoms with van der Waals surface area (Å²) in [6.45, 7) is 11.5. The molecule has 0 radical (unpaired) electrons. The fourth-order valence-corrected chi connectivity index (χ4v) is 11.6. The van der Waals surface area contributed by atoms with Crippen LogP contribution in [0.1, 0.15) is 17.5 Å². The largest absolute Gasteiger partial charge is 0.452 e. The van der Waals surface area contributed by atoms with Gasteiger partial charge in [-0.2, -0.15) is 0 Å². The molecule has 0 aliphatic rings. The zero-order valence-corrected chi connectivity index (χ0v) is 17.2. The van der Waals surface area contributed by atoms with Gasteiger partial charge in [0, 0.05) is 0 Å². The molecule has 0 amide bonds. The first-order valence-corrected chi connectivity index (χ1v) is 14.6. The van der Waals surface area contributed by atoms with Crippen molar-refractivity contribution in [2.75, 3.05) is 0 Å². The third-order valence-corrected chi connectivity index (χ3v) is 11.4. The molecule has 3 heteroatoms. The minimum atomic E-state index is -1.87. The minimum Gasteiger partial charge on any atom is -0.452 e. The van der Waals surface area contributed by atoms with Gasteiger partial charge in [-0.1, -0.05) is 54.6 Å². The van der Waals surface area contributed by atoms with Crippen LogP contribution in [0, 0.1) is 6.92 Å². The van der Waals surface area contributed by atoms with E-state index in [2.05, 4.69) is 87.7 Å². The molecule has 0 spiro atoms. The first kappa shape index (κ1) is 18.2. The second kappa shape index (κ2) is 7.60. The van der Waals surface area contributed by atoms with E-state index >= 15 is 0 Å². The zero-order chi connectivity index (χ0) is 16.9. The summed E-state index contributed by atoms with van der Waals surface area (Å²) in [5, 5.41) is 1.44. The van der Waals surface area contributed by atoms with E-state index in [9.17, 15) is 0 Å². The summed E-state index contributed by atoms with van der Waals surface area (Å²) in [7, 11) is -3.42. The van der Waals surface area contributed by atoms with E-state index in [4.69, 9.17) is 4.12 Å². The molecule has 1 atom stereocenters. The van der Waals surface area contributed by atoms with E-state index in [1.165, 1.54) is 28.8 Å². The van der Waals surface area contributed by atoms with Crippen molar-refractivity contribution in [3.05, 3.63) is 65.7 Å². The molecular formula is C20H30OSi2. The lowest BCUT2D eigenvalue weighted by Crippen LogP contribution is -2.53. The topological polar surface area (TPSA) is 9.23 Å². The highest BCUT2D eigenvalue weighted by atomic mass is 28.4. The van der Waals surface area contributed by atoms with Crippen molar-refractivity contribution in [3.63, 3.8) is 0 Å². The lowest BCUT2D eigenvalue weighted by Gasteiger charge is -2.35. The van der Waals surface area contributed by atoms with Gasteiger partial charge in [0.25, 0.3) is 0 Å². The highest BCUT2D eigenvalue weighted by molar-refractivity contribution is 6.92. The summed E-state index contributed by atoms with van der Waals surface area (Å²) in [5.41, 5.74) is 2.88. The van der Waals surface area contributed by atoms with Gasteiger partial charge in [-0.15, -0.1) is 0 Å². The van der Waals surface area contributed by atoms with Gasteiger partial charge >= 0.3 is 0 Å². The van der Waals surface area contributed by atoms with Crippen molar-refractivity contribution in [2.24, 2.45) is 0 Å². The normalized spacial score (nSPS) is 14.5. The molecule has 1 nitrogen and oxygen atoms in total. The van der Waals surface area contributed by atoms with Crippen LogP contribution in [0.2, 0.25) is 32.2 Å². The average Bonchev–Trinajstić information content (AvgIpc) is 2.48. The summed E-state index contributed by atoms with van der Waals surface area (Å²) in [6.07, 6.45) is 2.35. The minimum absolute atomic E-state index is 1.15. The maximum absolute atomic E-state index is 6.76. The Balaban J connectivity index is 2.11. The molecule has 0 fully saturated rings. The van der Waals surface area contributed by atoms with E-state index < -0.39 is 16.6 Å². The standard InChI is InChI=1S/C20H30OSi2/c1-18-12-9-10-13-19(18)14-11-17-23(5,21-22(2,3)4)20-15-7-6-8-16-20/h6-10,12-13,15-16H,11,14,17H2,1-5H3. The molecule has 23 heavy (non-hydrogen) atoms. The second-order valence-electron chi connectivity index (χ2n) is 7.59. The summed E-state index contributed by atoms with van der Waals surface area (Å²) in [4.78, 5) is 0. The van der Waals surface area contributed by atoms with Crippen LogP contribution in [0.3, 0.4) is 0 Å². The van der Waals surface area contributed by atoms with Crippen LogP contribution in [0.15, 0.2) is 54.6 Å². The highest BCUT2D eigenvalue weighted by Gasteiger charge is 2.35. The van der Waals surface area contributed by atoms with Crippen LogP contribution in [0.5, 0.6) is 0 Å². The van der Waals surface area contributed by atoms with Crippen molar-refractivity contribution in [1.29, 1.82) is 0 Å². The molecule has 0 bridgehead atoms. The van der Waals surface area contributed by atoms with Crippen molar-refractivity contribution in [1.82, 2.24) is 0 Å². The van der Waals surface area contributed by atoms with Gasteiger partial charge < -0.3 is 4.12 Å².